The van der Waals surface area contributed by atoms with Crippen LogP contribution in [0.4, 0.5) is 39.5 Å². The minimum atomic E-state index is -5.08. The first-order valence-corrected chi connectivity index (χ1v) is 5.81. The van der Waals surface area contributed by atoms with E-state index < -0.39 is 36.9 Å². The summed E-state index contributed by atoms with van der Waals surface area (Å²) in [6.07, 6.45) is -15.3. The van der Waals surface area contributed by atoms with Crippen LogP contribution in [0, 0.1) is 0 Å². The number of alkyl halides is 9. The molecule has 0 saturated heterocycles. The smallest absolute Gasteiger partial charge is 0.490 e. The molecule has 1 rings (SSSR count). The van der Waals surface area contributed by atoms with E-state index in [1.165, 1.54) is 24.3 Å². The number of hydrogen-bond donors (Lipinski definition) is 3. The van der Waals surface area contributed by atoms with E-state index in [9.17, 15) is 39.5 Å². The zero-order chi connectivity index (χ0) is 21.3. The molecule has 3 N–H and O–H groups in total. The number of benzene rings is 1. The van der Waals surface area contributed by atoms with Gasteiger partial charge in [0.15, 0.2) is 0 Å². The van der Waals surface area contributed by atoms with Crippen molar-refractivity contribution in [3.8, 4) is 5.75 Å². The number of carboxylic acid groups (broad SMARTS) is 2. The topological polar surface area (TPSA) is 94.8 Å². The van der Waals surface area contributed by atoms with E-state index in [2.05, 4.69) is 0 Å². The Morgan fingerprint density at radius 1 is 0.731 bits per heavy atom. The maximum absolute atomic E-state index is 11.8. The lowest BCUT2D eigenvalue weighted by molar-refractivity contribution is -0.193. The van der Waals surface area contributed by atoms with Crippen molar-refractivity contribution in [2.45, 2.75) is 24.9 Å². The first-order chi connectivity index (χ1) is 11.4. The highest BCUT2D eigenvalue weighted by atomic mass is 19.4. The van der Waals surface area contributed by atoms with Gasteiger partial charge in [0.05, 0.1) is 6.42 Å². The summed E-state index contributed by atoms with van der Waals surface area (Å²) in [7, 11) is 0. The molecule has 0 unspecified atom stereocenters. The van der Waals surface area contributed by atoms with E-state index in [4.69, 9.17) is 24.9 Å². The van der Waals surface area contributed by atoms with Gasteiger partial charge in [0.1, 0.15) is 5.75 Å². The number of phenols is 1. The van der Waals surface area contributed by atoms with Gasteiger partial charge in [-0.15, -0.1) is 0 Å². The number of hydrogen-bond acceptors (Lipinski definition) is 3. The Morgan fingerprint density at radius 3 is 1.19 bits per heavy atom. The summed E-state index contributed by atoms with van der Waals surface area (Å²) in [6, 6.07) is 4.98. The van der Waals surface area contributed by atoms with E-state index in [1.807, 2.05) is 0 Å². The molecule has 0 aromatic heterocycles. The standard InChI is InChI=1S/C8H7F3O.2C2HF3O2/c9-8(10,11)5-6-1-3-7(12)4-2-6;2*3-2(4,5)1(6)7/h1-4,12H,5H2;2*(H,6,7). The molecule has 0 aliphatic carbocycles. The van der Waals surface area contributed by atoms with Gasteiger partial charge in [-0.25, -0.2) is 9.59 Å². The first kappa shape index (κ1) is 25.6. The molecule has 0 aliphatic heterocycles. The molecule has 26 heavy (non-hydrogen) atoms. The fourth-order valence-corrected chi connectivity index (χ4v) is 0.845. The minimum Gasteiger partial charge on any atom is -0.508 e. The van der Waals surface area contributed by atoms with Gasteiger partial charge >= 0.3 is 30.5 Å². The van der Waals surface area contributed by atoms with Crippen molar-refractivity contribution in [2.75, 3.05) is 0 Å². The largest absolute Gasteiger partial charge is 0.508 e. The Bertz CT molecular complexity index is 549. The molecule has 0 saturated carbocycles. The van der Waals surface area contributed by atoms with Crippen LogP contribution in [-0.4, -0.2) is 45.8 Å². The van der Waals surface area contributed by atoms with Crippen LogP contribution in [0.1, 0.15) is 5.56 Å². The quantitative estimate of drug-likeness (QED) is 0.620. The van der Waals surface area contributed by atoms with Crippen molar-refractivity contribution < 1.29 is 64.4 Å². The van der Waals surface area contributed by atoms with Gasteiger partial charge in [-0.3, -0.25) is 0 Å². The SMILES string of the molecule is O=C(O)C(F)(F)F.O=C(O)C(F)(F)F.Oc1ccc(CC(F)(F)F)cc1. The molecule has 1 aromatic rings. The number of aromatic hydroxyl groups is 1. The van der Waals surface area contributed by atoms with Gasteiger partial charge in [0, 0.05) is 0 Å². The van der Waals surface area contributed by atoms with E-state index in [0.717, 1.165) is 0 Å². The van der Waals surface area contributed by atoms with Crippen molar-refractivity contribution in [1.29, 1.82) is 0 Å². The predicted molar refractivity (Wildman–Crippen MR) is 65.2 cm³/mol. The van der Waals surface area contributed by atoms with Crippen molar-refractivity contribution in [2.24, 2.45) is 0 Å². The molecule has 0 amide bonds. The van der Waals surface area contributed by atoms with Gasteiger partial charge in [-0.2, -0.15) is 39.5 Å². The van der Waals surface area contributed by atoms with Crippen LogP contribution in [0.25, 0.3) is 0 Å². The lowest BCUT2D eigenvalue weighted by Crippen LogP contribution is -2.21. The van der Waals surface area contributed by atoms with Crippen molar-refractivity contribution in [1.82, 2.24) is 0 Å². The van der Waals surface area contributed by atoms with Crippen LogP contribution >= 0.6 is 0 Å². The van der Waals surface area contributed by atoms with Gasteiger partial charge in [0.25, 0.3) is 0 Å². The molecule has 0 spiro atoms. The Morgan fingerprint density at radius 2 is 1.00 bits per heavy atom. The summed E-state index contributed by atoms with van der Waals surface area (Å²) in [6.45, 7) is 0. The molecule has 150 valence electrons. The van der Waals surface area contributed by atoms with Gasteiger partial charge < -0.3 is 15.3 Å². The molecule has 0 heterocycles. The molecule has 0 bridgehead atoms. The molecule has 0 atom stereocenters. The van der Waals surface area contributed by atoms with E-state index in [-0.39, 0.29) is 11.3 Å². The zero-order valence-corrected chi connectivity index (χ0v) is 12.1. The van der Waals surface area contributed by atoms with E-state index in [0.29, 0.717) is 0 Å². The third-order valence-electron chi connectivity index (χ3n) is 1.83. The van der Waals surface area contributed by atoms with Crippen LogP contribution in [0.15, 0.2) is 24.3 Å². The highest BCUT2D eigenvalue weighted by Crippen LogP contribution is 2.22. The fraction of sp³-hybridized carbons (Fsp3) is 0.333. The van der Waals surface area contributed by atoms with Crippen LogP contribution in [0.3, 0.4) is 0 Å². The Balaban J connectivity index is 0. The average Bonchev–Trinajstić information content (AvgIpc) is 2.39. The molecule has 1 aromatic carbocycles. The van der Waals surface area contributed by atoms with Crippen molar-refractivity contribution in [3.63, 3.8) is 0 Å². The second-order valence-corrected chi connectivity index (χ2v) is 4.06. The molecule has 5 nitrogen and oxygen atoms in total. The lowest BCUT2D eigenvalue weighted by Gasteiger charge is -2.05. The maximum Gasteiger partial charge on any atom is 0.490 e. The number of halogens is 9. The van der Waals surface area contributed by atoms with Crippen molar-refractivity contribution in [3.05, 3.63) is 29.8 Å². The highest BCUT2D eigenvalue weighted by molar-refractivity contribution is 5.73. The molecule has 0 radical (unpaired) electrons. The summed E-state index contributed by atoms with van der Waals surface area (Å²) in [4.78, 5) is 17.8. The number of aliphatic carboxylic acids is 2. The number of carbonyl (C=O) groups is 2. The third kappa shape index (κ3) is 14.9. The zero-order valence-electron chi connectivity index (χ0n) is 12.1. The van der Waals surface area contributed by atoms with Crippen LogP contribution in [-0.2, 0) is 16.0 Å². The lowest BCUT2D eigenvalue weighted by atomic mass is 10.1. The number of phenolic OH excluding ortho intramolecular Hbond substituents is 1. The van der Waals surface area contributed by atoms with E-state index >= 15 is 0 Å². The highest BCUT2D eigenvalue weighted by Gasteiger charge is 2.38. The van der Waals surface area contributed by atoms with E-state index in [1.54, 1.807) is 0 Å². The molecule has 14 heteroatoms. The summed E-state index contributed by atoms with van der Waals surface area (Å²) >= 11 is 0. The molecular formula is C12H9F9O5. The summed E-state index contributed by atoms with van der Waals surface area (Å²) in [5.41, 5.74) is 0.153. The average molecular weight is 404 g/mol. The summed E-state index contributed by atoms with van der Waals surface area (Å²) in [5.74, 6) is -5.54. The summed E-state index contributed by atoms with van der Waals surface area (Å²) < 4.78 is 98.8. The van der Waals surface area contributed by atoms with Gasteiger partial charge in [0.2, 0.25) is 0 Å². The second kappa shape index (κ2) is 9.72. The Kier molecular flexibility index (Phi) is 9.56. The Hall–Kier alpha value is -2.67. The maximum atomic E-state index is 11.8. The molecule has 0 aliphatic rings. The number of carboxylic acids is 2. The van der Waals surface area contributed by atoms with Crippen LogP contribution < -0.4 is 0 Å². The predicted octanol–water partition coefficient (Wildman–Crippen LogP) is 3.76. The summed E-state index contributed by atoms with van der Waals surface area (Å²) in [5, 5.41) is 23.0. The second-order valence-electron chi connectivity index (χ2n) is 4.06. The first-order valence-electron chi connectivity index (χ1n) is 5.81. The monoisotopic (exact) mass is 404 g/mol. The Labute approximate surface area is 138 Å². The minimum absolute atomic E-state index is 0.0269. The molecular weight excluding hydrogens is 395 g/mol. The number of rotatable bonds is 1. The van der Waals surface area contributed by atoms with Gasteiger partial charge in [-0.1, -0.05) is 12.1 Å². The van der Waals surface area contributed by atoms with Crippen LogP contribution in [0.2, 0.25) is 0 Å². The molecule has 0 fully saturated rings. The fourth-order valence-electron chi connectivity index (χ4n) is 0.845. The van der Waals surface area contributed by atoms with Crippen molar-refractivity contribution >= 4 is 11.9 Å². The third-order valence-corrected chi connectivity index (χ3v) is 1.83. The van der Waals surface area contributed by atoms with Gasteiger partial charge in [-0.05, 0) is 17.7 Å². The van der Waals surface area contributed by atoms with Crippen LogP contribution in [0.5, 0.6) is 5.75 Å². The normalized spacial score (nSPS) is 11.4.